The van der Waals surface area contributed by atoms with Crippen molar-refractivity contribution in [1.82, 2.24) is 19.6 Å². The molecule has 0 amide bonds. The quantitative estimate of drug-likeness (QED) is 0.841. The highest BCUT2D eigenvalue weighted by Gasteiger charge is 2.19. The topological polar surface area (TPSA) is 75.1 Å². The molecule has 0 bridgehead atoms. The van der Waals surface area contributed by atoms with Gasteiger partial charge in [0.2, 0.25) is 5.95 Å². The van der Waals surface area contributed by atoms with Crippen LogP contribution in [-0.4, -0.2) is 25.6 Å². The van der Waals surface area contributed by atoms with Crippen LogP contribution in [0.2, 0.25) is 0 Å². The summed E-state index contributed by atoms with van der Waals surface area (Å²) in [5.74, 6) is 0.610. The first kappa shape index (κ1) is 11.3. The van der Waals surface area contributed by atoms with Crippen molar-refractivity contribution >= 4 is 11.6 Å². The summed E-state index contributed by atoms with van der Waals surface area (Å²) in [6.45, 7) is 3.87. The summed E-state index contributed by atoms with van der Waals surface area (Å²) < 4.78 is 1.53. The van der Waals surface area contributed by atoms with Gasteiger partial charge in [-0.1, -0.05) is 12.8 Å². The Bertz CT molecular complexity index is 636. The molecule has 0 aliphatic heterocycles. The molecule has 2 N–H and O–H groups in total. The third kappa shape index (κ3) is 1.68. The number of fused-ring (bicyclic) bond motifs is 1. The molecular weight excluding hydrogens is 230 g/mol. The first-order valence-electron chi connectivity index (χ1n) is 6.37. The number of nitrogens with zero attached hydrogens (tertiary/aromatic N) is 3. The van der Waals surface area contributed by atoms with Crippen molar-refractivity contribution in [3.63, 3.8) is 0 Å². The second kappa shape index (κ2) is 4.12. The van der Waals surface area contributed by atoms with Crippen LogP contribution in [0.1, 0.15) is 36.9 Å². The first-order valence-corrected chi connectivity index (χ1v) is 6.37. The van der Waals surface area contributed by atoms with Crippen LogP contribution in [0.15, 0.2) is 4.79 Å². The van der Waals surface area contributed by atoms with E-state index in [2.05, 4.69) is 20.5 Å². The van der Waals surface area contributed by atoms with Gasteiger partial charge < -0.3 is 5.32 Å². The lowest BCUT2D eigenvalue weighted by atomic mass is 10.2. The summed E-state index contributed by atoms with van der Waals surface area (Å²) >= 11 is 0. The van der Waals surface area contributed by atoms with Crippen molar-refractivity contribution in [2.45, 2.75) is 45.6 Å². The highest BCUT2D eigenvalue weighted by Crippen LogP contribution is 2.22. The zero-order valence-electron chi connectivity index (χ0n) is 10.7. The molecule has 0 saturated heterocycles. The van der Waals surface area contributed by atoms with Crippen LogP contribution >= 0.6 is 0 Å². The average Bonchev–Trinajstić information content (AvgIpc) is 2.95. The van der Waals surface area contributed by atoms with Crippen LogP contribution in [0.25, 0.3) is 5.65 Å². The van der Waals surface area contributed by atoms with Crippen LogP contribution in [-0.2, 0) is 0 Å². The van der Waals surface area contributed by atoms with Gasteiger partial charge in [-0.05, 0) is 26.7 Å². The molecule has 6 heteroatoms. The number of anilines is 1. The molecule has 1 fully saturated rings. The summed E-state index contributed by atoms with van der Waals surface area (Å²) in [5.41, 5.74) is 2.27. The molecule has 3 rings (SSSR count). The van der Waals surface area contributed by atoms with Gasteiger partial charge in [0.1, 0.15) is 0 Å². The molecule has 18 heavy (non-hydrogen) atoms. The minimum atomic E-state index is -0.235. The van der Waals surface area contributed by atoms with Crippen LogP contribution < -0.4 is 11.0 Å². The zero-order valence-corrected chi connectivity index (χ0v) is 10.7. The number of H-pyrrole nitrogens is 1. The van der Waals surface area contributed by atoms with Crippen LogP contribution in [0.4, 0.5) is 5.95 Å². The molecule has 2 heterocycles. The van der Waals surface area contributed by atoms with Crippen LogP contribution in [0.3, 0.4) is 0 Å². The second-order valence-corrected chi connectivity index (χ2v) is 4.96. The fourth-order valence-electron chi connectivity index (χ4n) is 2.55. The van der Waals surface area contributed by atoms with Gasteiger partial charge in [-0.15, -0.1) is 0 Å². The third-order valence-electron chi connectivity index (χ3n) is 3.72. The molecule has 0 spiro atoms. The minimum Gasteiger partial charge on any atom is -0.352 e. The maximum Gasteiger partial charge on any atom is 0.350 e. The fourth-order valence-corrected chi connectivity index (χ4v) is 2.55. The predicted molar refractivity (Wildman–Crippen MR) is 69.0 cm³/mol. The van der Waals surface area contributed by atoms with Crippen molar-refractivity contribution in [3.8, 4) is 0 Å². The number of aromatic nitrogens is 4. The summed E-state index contributed by atoms with van der Waals surface area (Å²) in [7, 11) is 0. The van der Waals surface area contributed by atoms with Crippen molar-refractivity contribution in [2.24, 2.45) is 0 Å². The zero-order chi connectivity index (χ0) is 12.7. The molecule has 0 radical (unpaired) electrons. The number of hydrogen-bond acceptors (Lipinski definition) is 4. The van der Waals surface area contributed by atoms with Crippen molar-refractivity contribution in [1.29, 1.82) is 0 Å². The van der Waals surface area contributed by atoms with Gasteiger partial charge in [0.15, 0.2) is 5.65 Å². The van der Waals surface area contributed by atoms with Gasteiger partial charge in [-0.2, -0.15) is 5.10 Å². The molecule has 2 aromatic heterocycles. The molecule has 0 atom stereocenters. The number of nitrogens with one attached hydrogen (secondary N) is 2. The number of hydrogen-bond donors (Lipinski definition) is 2. The molecule has 1 aliphatic rings. The molecule has 96 valence electrons. The molecule has 0 aromatic carbocycles. The van der Waals surface area contributed by atoms with Gasteiger partial charge in [-0.25, -0.2) is 19.3 Å². The largest absolute Gasteiger partial charge is 0.352 e. The van der Waals surface area contributed by atoms with Crippen molar-refractivity contribution in [2.75, 3.05) is 5.32 Å². The molecular formula is C12H17N5O. The Morgan fingerprint density at radius 2 is 2.06 bits per heavy atom. The van der Waals surface area contributed by atoms with E-state index < -0.39 is 0 Å². The maximum atomic E-state index is 11.8. The van der Waals surface area contributed by atoms with E-state index in [-0.39, 0.29) is 5.69 Å². The highest BCUT2D eigenvalue weighted by atomic mass is 16.1. The minimum absolute atomic E-state index is 0.235. The molecule has 1 saturated carbocycles. The molecule has 1 aliphatic carbocycles. The van der Waals surface area contributed by atoms with Gasteiger partial charge in [0, 0.05) is 17.3 Å². The normalized spacial score (nSPS) is 16.6. The van der Waals surface area contributed by atoms with E-state index in [1.807, 2.05) is 13.8 Å². The van der Waals surface area contributed by atoms with Crippen molar-refractivity contribution < 1.29 is 0 Å². The average molecular weight is 247 g/mol. The van der Waals surface area contributed by atoms with E-state index in [1.165, 1.54) is 17.2 Å². The predicted octanol–water partition coefficient (Wildman–Crippen LogP) is 1.39. The van der Waals surface area contributed by atoms with Crippen molar-refractivity contribution in [3.05, 3.63) is 21.7 Å². The molecule has 6 nitrogen and oxygen atoms in total. The number of aryl methyl sites for hydroxylation is 2. The van der Waals surface area contributed by atoms with Gasteiger partial charge in [0.25, 0.3) is 0 Å². The fraction of sp³-hybridized carbons (Fsp3) is 0.583. The van der Waals surface area contributed by atoms with E-state index in [4.69, 9.17) is 0 Å². The standard InChI is InChI=1S/C12H17N5O/c1-7-8(2)13-11(14-9-5-3-4-6-9)17-10(7)15-16-12(17)18/h9H,3-6H2,1-2H3,(H,13,14)(H,16,18). The van der Waals surface area contributed by atoms with E-state index in [9.17, 15) is 4.79 Å². The highest BCUT2D eigenvalue weighted by molar-refractivity contribution is 5.53. The Balaban J connectivity index is 2.12. The first-order chi connectivity index (χ1) is 8.66. The van der Waals surface area contributed by atoms with Crippen LogP contribution in [0, 0.1) is 13.8 Å². The van der Waals surface area contributed by atoms with Crippen LogP contribution in [0.5, 0.6) is 0 Å². The number of aromatic amines is 1. The lowest BCUT2D eigenvalue weighted by Gasteiger charge is -2.14. The SMILES string of the molecule is Cc1nc(NC2CCCC2)n2c(=O)[nH]nc2c1C. The Morgan fingerprint density at radius 3 is 2.78 bits per heavy atom. The molecule has 0 unspecified atom stereocenters. The Kier molecular flexibility index (Phi) is 2.57. The monoisotopic (exact) mass is 247 g/mol. The maximum absolute atomic E-state index is 11.8. The Hall–Kier alpha value is -1.85. The van der Waals surface area contributed by atoms with Gasteiger partial charge in [0.05, 0.1) is 0 Å². The summed E-state index contributed by atoms with van der Waals surface area (Å²) in [6.07, 6.45) is 4.77. The van der Waals surface area contributed by atoms with Gasteiger partial charge in [-0.3, -0.25) is 0 Å². The lowest BCUT2D eigenvalue weighted by Crippen LogP contribution is -2.22. The van der Waals surface area contributed by atoms with E-state index in [1.54, 1.807) is 0 Å². The molecule has 2 aromatic rings. The third-order valence-corrected chi connectivity index (χ3v) is 3.72. The smallest absolute Gasteiger partial charge is 0.350 e. The second-order valence-electron chi connectivity index (χ2n) is 4.96. The summed E-state index contributed by atoms with van der Waals surface area (Å²) in [6, 6.07) is 0.421. The number of rotatable bonds is 2. The van der Waals surface area contributed by atoms with E-state index in [0.717, 1.165) is 24.1 Å². The van der Waals surface area contributed by atoms with E-state index >= 15 is 0 Å². The van der Waals surface area contributed by atoms with Gasteiger partial charge >= 0.3 is 5.69 Å². The van der Waals surface area contributed by atoms with E-state index in [0.29, 0.717) is 17.6 Å². The summed E-state index contributed by atoms with van der Waals surface area (Å²) in [5, 5.41) is 9.92. The Labute approximate surface area is 104 Å². The summed E-state index contributed by atoms with van der Waals surface area (Å²) in [4.78, 5) is 16.3. The lowest BCUT2D eigenvalue weighted by molar-refractivity contribution is 0.737. The Morgan fingerprint density at radius 1 is 1.33 bits per heavy atom.